The minimum atomic E-state index is 0.913. The second kappa shape index (κ2) is 3.18. The van der Waals surface area contributed by atoms with Crippen molar-refractivity contribution >= 4 is 5.69 Å². The first-order valence-electron chi connectivity index (χ1n) is 4.73. The molecule has 2 rings (SSSR count). The molecule has 0 bridgehead atoms. The van der Waals surface area contributed by atoms with E-state index in [4.69, 9.17) is 5.73 Å². The van der Waals surface area contributed by atoms with Gasteiger partial charge in [-0.3, -0.25) is 0 Å². The van der Waals surface area contributed by atoms with Gasteiger partial charge >= 0.3 is 0 Å². The Bertz CT molecular complexity index is 278. The zero-order valence-corrected chi connectivity index (χ0v) is 7.34. The largest absolute Gasteiger partial charge is 0.399 e. The average molecular weight is 161 g/mol. The first-order valence-corrected chi connectivity index (χ1v) is 4.73. The van der Waals surface area contributed by atoms with E-state index in [0.717, 1.165) is 5.69 Å². The van der Waals surface area contributed by atoms with Crippen LogP contribution >= 0.6 is 0 Å². The first kappa shape index (κ1) is 7.66. The van der Waals surface area contributed by atoms with Crippen molar-refractivity contribution in [3.63, 3.8) is 0 Å². The molecule has 1 aromatic carbocycles. The van der Waals surface area contributed by atoms with Gasteiger partial charge in [-0.05, 0) is 48.9 Å². The Kier molecular flexibility index (Phi) is 2.03. The Morgan fingerprint density at radius 3 is 2.50 bits per heavy atom. The molecule has 0 unspecified atom stereocenters. The van der Waals surface area contributed by atoms with E-state index in [-0.39, 0.29) is 0 Å². The van der Waals surface area contributed by atoms with Crippen LogP contribution in [0.25, 0.3) is 0 Å². The lowest BCUT2D eigenvalue weighted by molar-refractivity contribution is 0.711. The van der Waals surface area contributed by atoms with Gasteiger partial charge in [0.15, 0.2) is 0 Å². The Morgan fingerprint density at radius 2 is 1.67 bits per heavy atom. The van der Waals surface area contributed by atoms with Crippen molar-refractivity contribution in [2.75, 3.05) is 5.73 Å². The Balaban J connectivity index is 2.36. The van der Waals surface area contributed by atoms with E-state index >= 15 is 0 Å². The lowest BCUT2D eigenvalue weighted by atomic mass is 10.0. The van der Waals surface area contributed by atoms with E-state index in [1.54, 1.807) is 0 Å². The van der Waals surface area contributed by atoms with Crippen molar-refractivity contribution < 1.29 is 0 Å². The van der Waals surface area contributed by atoms with Crippen molar-refractivity contribution in [1.29, 1.82) is 0 Å². The third-order valence-electron chi connectivity index (χ3n) is 2.62. The van der Waals surface area contributed by atoms with E-state index in [2.05, 4.69) is 12.1 Å². The van der Waals surface area contributed by atoms with E-state index < -0.39 is 0 Å². The van der Waals surface area contributed by atoms with Crippen molar-refractivity contribution in [2.45, 2.75) is 32.1 Å². The van der Waals surface area contributed by atoms with Crippen LogP contribution < -0.4 is 5.73 Å². The summed E-state index contributed by atoms with van der Waals surface area (Å²) in [6, 6.07) is 6.35. The molecule has 0 atom stereocenters. The minimum absolute atomic E-state index is 0.913. The molecule has 0 saturated carbocycles. The van der Waals surface area contributed by atoms with Crippen LogP contribution in [-0.4, -0.2) is 0 Å². The van der Waals surface area contributed by atoms with Gasteiger partial charge in [0, 0.05) is 5.69 Å². The molecule has 0 aromatic heterocycles. The number of hydrogen-bond donors (Lipinski definition) is 1. The van der Waals surface area contributed by atoms with Crippen LogP contribution in [0.2, 0.25) is 0 Å². The summed E-state index contributed by atoms with van der Waals surface area (Å²) >= 11 is 0. The summed E-state index contributed by atoms with van der Waals surface area (Å²) in [5.74, 6) is 0. The molecule has 1 aliphatic rings. The third-order valence-corrected chi connectivity index (χ3v) is 2.62. The van der Waals surface area contributed by atoms with Crippen molar-refractivity contribution in [3.05, 3.63) is 29.3 Å². The highest BCUT2D eigenvalue weighted by atomic mass is 14.5. The molecular formula is C11H15N. The van der Waals surface area contributed by atoms with Crippen LogP contribution in [0.4, 0.5) is 5.69 Å². The van der Waals surface area contributed by atoms with Crippen LogP contribution in [-0.2, 0) is 12.8 Å². The Morgan fingerprint density at radius 1 is 0.917 bits per heavy atom. The zero-order valence-electron chi connectivity index (χ0n) is 7.34. The maximum Gasteiger partial charge on any atom is 0.0316 e. The minimum Gasteiger partial charge on any atom is -0.399 e. The smallest absolute Gasteiger partial charge is 0.0316 e. The number of anilines is 1. The molecule has 12 heavy (non-hydrogen) atoms. The number of fused-ring (bicyclic) bond motifs is 1. The zero-order chi connectivity index (χ0) is 8.39. The summed E-state index contributed by atoms with van der Waals surface area (Å²) in [4.78, 5) is 0. The molecule has 64 valence electrons. The summed E-state index contributed by atoms with van der Waals surface area (Å²) in [7, 11) is 0. The van der Waals surface area contributed by atoms with E-state index in [9.17, 15) is 0 Å². The highest BCUT2D eigenvalue weighted by Crippen LogP contribution is 2.22. The van der Waals surface area contributed by atoms with Gasteiger partial charge in [-0.25, -0.2) is 0 Å². The number of aryl methyl sites for hydroxylation is 2. The van der Waals surface area contributed by atoms with Crippen LogP contribution in [0.1, 0.15) is 30.4 Å². The topological polar surface area (TPSA) is 26.0 Å². The standard InChI is InChI=1S/C11H15N/c12-11-7-6-9-4-2-1-3-5-10(9)8-11/h6-8H,1-5,12H2. The normalized spacial score (nSPS) is 16.7. The van der Waals surface area contributed by atoms with Gasteiger partial charge in [-0.1, -0.05) is 12.5 Å². The highest BCUT2D eigenvalue weighted by Gasteiger charge is 2.06. The van der Waals surface area contributed by atoms with Crippen molar-refractivity contribution in [3.8, 4) is 0 Å². The maximum atomic E-state index is 5.73. The fraction of sp³-hybridized carbons (Fsp3) is 0.455. The molecule has 1 heteroatoms. The van der Waals surface area contributed by atoms with Gasteiger partial charge in [0.25, 0.3) is 0 Å². The fourth-order valence-corrected chi connectivity index (χ4v) is 1.93. The van der Waals surface area contributed by atoms with Crippen LogP contribution in [0, 0.1) is 0 Å². The molecule has 1 nitrogen and oxygen atoms in total. The molecule has 0 amide bonds. The predicted octanol–water partition coefficient (Wildman–Crippen LogP) is 2.54. The third kappa shape index (κ3) is 1.45. The first-order chi connectivity index (χ1) is 5.86. The Hall–Kier alpha value is -0.980. The molecule has 0 heterocycles. The molecule has 0 saturated heterocycles. The number of benzene rings is 1. The molecule has 0 fully saturated rings. The molecule has 2 N–H and O–H groups in total. The molecule has 0 aliphatic heterocycles. The number of rotatable bonds is 0. The fourth-order valence-electron chi connectivity index (χ4n) is 1.93. The van der Waals surface area contributed by atoms with Gasteiger partial charge in [0.1, 0.15) is 0 Å². The SMILES string of the molecule is Nc1ccc2c(c1)CCCCC2. The number of nitrogens with two attached hydrogens (primary N) is 1. The van der Waals surface area contributed by atoms with Gasteiger partial charge in [0.05, 0.1) is 0 Å². The summed E-state index contributed by atoms with van der Waals surface area (Å²) in [5, 5.41) is 0. The quantitative estimate of drug-likeness (QED) is 0.459. The van der Waals surface area contributed by atoms with Crippen molar-refractivity contribution in [1.82, 2.24) is 0 Å². The molecular weight excluding hydrogens is 146 g/mol. The van der Waals surface area contributed by atoms with E-state index in [0.29, 0.717) is 0 Å². The van der Waals surface area contributed by atoms with Gasteiger partial charge in [0.2, 0.25) is 0 Å². The van der Waals surface area contributed by atoms with Gasteiger partial charge in [-0.2, -0.15) is 0 Å². The number of nitrogen functional groups attached to an aromatic ring is 1. The summed E-state index contributed by atoms with van der Waals surface area (Å²) < 4.78 is 0. The monoisotopic (exact) mass is 161 g/mol. The van der Waals surface area contributed by atoms with Crippen molar-refractivity contribution in [2.24, 2.45) is 0 Å². The van der Waals surface area contributed by atoms with Gasteiger partial charge in [-0.15, -0.1) is 0 Å². The highest BCUT2D eigenvalue weighted by molar-refractivity contribution is 5.45. The Labute approximate surface area is 73.6 Å². The molecule has 1 aromatic rings. The summed E-state index contributed by atoms with van der Waals surface area (Å²) in [5.41, 5.74) is 9.64. The number of hydrogen-bond acceptors (Lipinski definition) is 1. The van der Waals surface area contributed by atoms with Crippen LogP contribution in [0.3, 0.4) is 0 Å². The predicted molar refractivity (Wildman–Crippen MR) is 52.1 cm³/mol. The second-order valence-corrected chi connectivity index (χ2v) is 3.59. The van der Waals surface area contributed by atoms with Crippen LogP contribution in [0.5, 0.6) is 0 Å². The lowest BCUT2D eigenvalue weighted by Gasteiger charge is -2.05. The lowest BCUT2D eigenvalue weighted by Crippen LogP contribution is -1.93. The van der Waals surface area contributed by atoms with Crippen LogP contribution in [0.15, 0.2) is 18.2 Å². The summed E-state index contributed by atoms with van der Waals surface area (Å²) in [6.07, 6.45) is 6.51. The van der Waals surface area contributed by atoms with E-state index in [1.807, 2.05) is 6.07 Å². The van der Waals surface area contributed by atoms with Gasteiger partial charge < -0.3 is 5.73 Å². The summed E-state index contributed by atoms with van der Waals surface area (Å²) in [6.45, 7) is 0. The average Bonchev–Trinajstić information content (AvgIpc) is 2.28. The molecule has 0 spiro atoms. The molecule has 0 radical (unpaired) electrons. The second-order valence-electron chi connectivity index (χ2n) is 3.59. The molecule has 1 aliphatic carbocycles. The van der Waals surface area contributed by atoms with E-state index in [1.165, 1.54) is 43.2 Å². The maximum absolute atomic E-state index is 5.73.